The number of hydrogen-bond donors (Lipinski definition) is 0. The third-order valence-electron chi connectivity index (χ3n) is 4.65. The van der Waals surface area contributed by atoms with Gasteiger partial charge in [0.1, 0.15) is 0 Å². The molecule has 0 aromatic carbocycles. The van der Waals surface area contributed by atoms with Crippen LogP contribution in [0, 0.1) is 0 Å². The summed E-state index contributed by atoms with van der Waals surface area (Å²) in [4.78, 5) is 24.8. The van der Waals surface area contributed by atoms with Crippen LogP contribution in [0.5, 0.6) is 0 Å². The second-order valence-corrected chi connectivity index (χ2v) is 6.30. The van der Waals surface area contributed by atoms with Crippen molar-refractivity contribution in [2.75, 3.05) is 37.8 Å². The number of aromatic nitrogens is 5. The monoisotopic (exact) mass is 357 g/mol. The predicted molar refractivity (Wildman–Crippen MR) is 94.6 cm³/mol. The minimum absolute atomic E-state index is 0.0391. The number of anilines is 1. The van der Waals surface area contributed by atoms with Gasteiger partial charge in [0.2, 0.25) is 5.91 Å². The number of amides is 1. The summed E-state index contributed by atoms with van der Waals surface area (Å²) in [5.41, 5.74) is 2.66. The molecule has 1 fully saturated rings. The quantitative estimate of drug-likeness (QED) is 0.700. The highest BCUT2D eigenvalue weighted by Crippen LogP contribution is 2.25. The fourth-order valence-electron chi connectivity index (χ4n) is 3.30. The van der Waals surface area contributed by atoms with E-state index < -0.39 is 6.67 Å². The minimum Gasteiger partial charge on any atom is -0.350 e. The number of aryl methyl sites for hydroxylation is 1. The van der Waals surface area contributed by atoms with E-state index in [4.69, 9.17) is 0 Å². The van der Waals surface area contributed by atoms with Crippen LogP contribution in [0.2, 0.25) is 0 Å². The Bertz CT molecular complexity index is 926. The van der Waals surface area contributed by atoms with Crippen molar-refractivity contribution in [3.8, 4) is 11.3 Å². The van der Waals surface area contributed by atoms with Gasteiger partial charge in [-0.1, -0.05) is 0 Å². The molecule has 0 radical (unpaired) electrons. The normalized spacial score (nSPS) is 15.0. The molecule has 0 atom stereocenters. The van der Waals surface area contributed by atoms with Crippen molar-refractivity contribution in [1.29, 1.82) is 0 Å². The van der Waals surface area contributed by atoms with Crippen LogP contribution < -0.4 is 4.90 Å². The van der Waals surface area contributed by atoms with E-state index >= 15 is 0 Å². The molecule has 26 heavy (non-hydrogen) atoms. The van der Waals surface area contributed by atoms with Crippen LogP contribution in [0.25, 0.3) is 16.9 Å². The maximum Gasteiger partial charge on any atom is 0.225 e. The molecule has 0 saturated carbocycles. The Hall–Kier alpha value is -2.97. The third kappa shape index (κ3) is 2.89. The smallest absolute Gasteiger partial charge is 0.225 e. The molecule has 1 amide bonds. The van der Waals surface area contributed by atoms with Gasteiger partial charge in [-0.15, -0.1) is 0 Å². The first kappa shape index (κ1) is 16.5. The summed E-state index contributed by atoms with van der Waals surface area (Å²) in [5.74, 6) is 0.665. The van der Waals surface area contributed by atoms with Gasteiger partial charge in [-0.05, 0) is 0 Å². The van der Waals surface area contributed by atoms with Crippen molar-refractivity contribution in [3.05, 3.63) is 31.0 Å². The van der Waals surface area contributed by atoms with Gasteiger partial charge in [-0.3, -0.25) is 18.3 Å². The number of carbonyl (C=O) groups is 1. The largest absolute Gasteiger partial charge is 0.350 e. The van der Waals surface area contributed by atoms with Crippen molar-refractivity contribution in [3.63, 3.8) is 0 Å². The van der Waals surface area contributed by atoms with E-state index in [1.165, 1.54) is 0 Å². The number of alkyl halides is 1. The number of piperazine rings is 1. The Morgan fingerprint density at radius 2 is 2.00 bits per heavy atom. The van der Waals surface area contributed by atoms with Crippen molar-refractivity contribution in [1.82, 2.24) is 29.0 Å². The van der Waals surface area contributed by atoms with Crippen LogP contribution in [0.4, 0.5) is 10.2 Å². The van der Waals surface area contributed by atoms with Gasteiger partial charge < -0.3 is 9.80 Å². The van der Waals surface area contributed by atoms with Crippen molar-refractivity contribution < 1.29 is 9.18 Å². The van der Waals surface area contributed by atoms with Gasteiger partial charge >= 0.3 is 0 Å². The summed E-state index contributed by atoms with van der Waals surface area (Å²) < 4.78 is 16.1. The molecule has 0 bridgehead atoms. The van der Waals surface area contributed by atoms with Crippen molar-refractivity contribution in [2.24, 2.45) is 7.05 Å². The first-order chi connectivity index (χ1) is 12.7. The van der Waals surface area contributed by atoms with Gasteiger partial charge in [-0.25, -0.2) is 9.97 Å². The average Bonchev–Trinajstić information content (AvgIpc) is 3.30. The van der Waals surface area contributed by atoms with E-state index in [0.717, 1.165) is 22.7 Å². The zero-order chi connectivity index (χ0) is 18.1. The fourth-order valence-corrected chi connectivity index (χ4v) is 3.30. The predicted octanol–water partition coefficient (Wildman–Crippen LogP) is 1.14. The van der Waals surface area contributed by atoms with Gasteiger partial charge in [0.25, 0.3) is 0 Å². The van der Waals surface area contributed by atoms with E-state index in [1.54, 1.807) is 22.0 Å². The topological polar surface area (TPSA) is 71.6 Å². The van der Waals surface area contributed by atoms with E-state index in [-0.39, 0.29) is 12.3 Å². The number of halogens is 1. The van der Waals surface area contributed by atoms with Crippen LogP contribution in [-0.4, -0.2) is 67.8 Å². The standard InChI is InChI=1S/C17H20FN7O/c1-22-12-13(10-21-22)14-11-20-16(17-19-4-5-25(14)17)24-8-6-23(7-9-24)15(26)2-3-18/h4-5,10-12H,2-3,6-9H2,1H3. The number of nitrogens with zero attached hydrogens (tertiary/aromatic N) is 7. The molecule has 8 nitrogen and oxygen atoms in total. The van der Waals surface area contributed by atoms with Gasteiger partial charge in [-0.2, -0.15) is 5.10 Å². The van der Waals surface area contributed by atoms with Crippen LogP contribution in [0.3, 0.4) is 0 Å². The maximum atomic E-state index is 12.4. The lowest BCUT2D eigenvalue weighted by atomic mass is 10.2. The highest BCUT2D eigenvalue weighted by atomic mass is 19.1. The first-order valence-corrected chi connectivity index (χ1v) is 8.57. The zero-order valence-corrected chi connectivity index (χ0v) is 14.5. The summed E-state index contributed by atoms with van der Waals surface area (Å²) >= 11 is 0. The summed E-state index contributed by atoms with van der Waals surface area (Å²) in [6, 6.07) is 0. The lowest BCUT2D eigenvalue weighted by Gasteiger charge is -2.35. The minimum atomic E-state index is -0.606. The molecule has 1 aliphatic rings. The molecule has 1 saturated heterocycles. The Morgan fingerprint density at radius 1 is 1.19 bits per heavy atom. The Morgan fingerprint density at radius 3 is 2.69 bits per heavy atom. The third-order valence-corrected chi connectivity index (χ3v) is 4.65. The van der Waals surface area contributed by atoms with Crippen LogP contribution >= 0.6 is 0 Å². The number of hydrogen-bond acceptors (Lipinski definition) is 5. The van der Waals surface area contributed by atoms with Crippen LogP contribution in [0.1, 0.15) is 6.42 Å². The summed E-state index contributed by atoms with van der Waals surface area (Å²) in [5, 5.41) is 4.22. The van der Waals surface area contributed by atoms with E-state index in [2.05, 4.69) is 20.0 Å². The van der Waals surface area contributed by atoms with Crippen molar-refractivity contribution >= 4 is 17.4 Å². The highest BCUT2D eigenvalue weighted by molar-refractivity contribution is 5.77. The number of carbonyl (C=O) groups excluding carboxylic acids is 1. The zero-order valence-electron chi connectivity index (χ0n) is 14.5. The fraction of sp³-hybridized carbons (Fsp3) is 0.412. The molecule has 0 unspecified atom stereocenters. The lowest BCUT2D eigenvalue weighted by Crippen LogP contribution is -2.49. The molecule has 3 aromatic heterocycles. The second kappa shape index (κ2) is 6.74. The molecule has 1 aliphatic heterocycles. The Labute approximate surface area is 149 Å². The summed E-state index contributed by atoms with van der Waals surface area (Å²) in [6.07, 6.45) is 9.17. The highest BCUT2D eigenvalue weighted by Gasteiger charge is 2.24. The molecule has 3 aromatic rings. The SMILES string of the molecule is Cn1cc(-c2cnc(N3CCN(C(=O)CCF)CC3)c3nccn23)cn1. The van der Waals surface area contributed by atoms with Gasteiger partial charge in [0.15, 0.2) is 11.5 Å². The summed E-state index contributed by atoms with van der Waals surface area (Å²) in [6.45, 7) is 1.83. The van der Waals surface area contributed by atoms with Gasteiger partial charge in [0.05, 0.1) is 31.2 Å². The molecule has 0 spiro atoms. The molecule has 0 N–H and O–H groups in total. The Balaban J connectivity index is 1.59. The van der Waals surface area contributed by atoms with Crippen LogP contribution in [0.15, 0.2) is 31.0 Å². The van der Waals surface area contributed by atoms with Gasteiger partial charge in [0, 0.05) is 57.4 Å². The molecule has 4 rings (SSSR count). The average molecular weight is 357 g/mol. The Kier molecular flexibility index (Phi) is 4.27. The van der Waals surface area contributed by atoms with E-state index in [0.29, 0.717) is 26.2 Å². The molecule has 0 aliphatic carbocycles. The summed E-state index contributed by atoms with van der Waals surface area (Å²) in [7, 11) is 1.88. The molecule has 4 heterocycles. The molecular weight excluding hydrogens is 337 g/mol. The van der Waals surface area contributed by atoms with E-state index in [9.17, 15) is 9.18 Å². The van der Waals surface area contributed by atoms with E-state index in [1.807, 2.05) is 30.0 Å². The molecular formula is C17H20FN7O. The van der Waals surface area contributed by atoms with Crippen molar-refractivity contribution in [2.45, 2.75) is 6.42 Å². The van der Waals surface area contributed by atoms with Crippen LogP contribution in [-0.2, 0) is 11.8 Å². The number of rotatable bonds is 4. The molecule has 136 valence electrons. The first-order valence-electron chi connectivity index (χ1n) is 8.57. The number of imidazole rings is 1. The maximum absolute atomic E-state index is 12.4. The lowest BCUT2D eigenvalue weighted by molar-refractivity contribution is -0.131. The number of fused-ring (bicyclic) bond motifs is 1. The second-order valence-electron chi connectivity index (χ2n) is 6.30. The molecule has 9 heteroatoms.